The molecule has 1 N–H and O–H groups in total. The van der Waals surface area contributed by atoms with E-state index in [0.29, 0.717) is 18.9 Å². The fourth-order valence-corrected chi connectivity index (χ4v) is 3.51. The third kappa shape index (κ3) is 3.61. The number of methoxy groups -OCH3 is 2. The standard InChI is InChI=1S/C21H22N4O3/c1-27-16-3-4-19(28-2)15(11-16)12-25-10-7-18-17(13-25)21(26)24-20(23-18)14-5-8-22-9-6-14/h3-6,8-9,11H,7,10,12-13H2,1-2H3,(H,23,24,26). The predicted octanol–water partition coefficient (Wildman–Crippen LogP) is 2.41. The molecule has 1 aliphatic rings. The van der Waals surface area contributed by atoms with Crippen LogP contribution in [0, 0.1) is 0 Å². The number of hydrogen-bond donors (Lipinski definition) is 1. The predicted molar refractivity (Wildman–Crippen MR) is 105 cm³/mol. The Morgan fingerprint density at radius 1 is 1.14 bits per heavy atom. The van der Waals surface area contributed by atoms with Gasteiger partial charge in [0.2, 0.25) is 0 Å². The number of nitrogens with zero attached hydrogens (tertiary/aromatic N) is 3. The van der Waals surface area contributed by atoms with Gasteiger partial charge >= 0.3 is 0 Å². The van der Waals surface area contributed by atoms with Crippen LogP contribution >= 0.6 is 0 Å². The van der Waals surface area contributed by atoms with Crippen LogP contribution in [0.25, 0.3) is 11.4 Å². The summed E-state index contributed by atoms with van der Waals surface area (Å²) in [5.74, 6) is 2.19. The number of pyridine rings is 1. The highest BCUT2D eigenvalue weighted by Gasteiger charge is 2.22. The maximum absolute atomic E-state index is 12.7. The Labute approximate surface area is 163 Å². The van der Waals surface area contributed by atoms with Gasteiger partial charge < -0.3 is 14.5 Å². The minimum absolute atomic E-state index is 0.0841. The molecule has 0 unspecified atom stereocenters. The number of ether oxygens (including phenoxy) is 2. The van der Waals surface area contributed by atoms with Crippen molar-refractivity contribution in [1.82, 2.24) is 19.9 Å². The molecule has 1 aliphatic heterocycles. The summed E-state index contributed by atoms with van der Waals surface area (Å²) in [6, 6.07) is 9.44. The minimum atomic E-state index is -0.0841. The van der Waals surface area contributed by atoms with Gasteiger partial charge in [-0.3, -0.25) is 14.7 Å². The van der Waals surface area contributed by atoms with Crippen molar-refractivity contribution in [2.45, 2.75) is 19.5 Å². The number of fused-ring (bicyclic) bond motifs is 1. The largest absolute Gasteiger partial charge is 0.497 e. The van der Waals surface area contributed by atoms with Crippen LogP contribution in [0.5, 0.6) is 11.5 Å². The molecule has 0 aliphatic carbocycles. The fraction of sp³-hybridized carbons (Fsp3) is 0.286. The summed E-state index contributed by atoms with van der Waals surface area (Å²) < 4.78 is 10.8. The van der Waals surface area contributed by atoms with Crippen molar-refractivity contribution in [1.29, 1.82) is 0 Å². The van der Waals surface area contributed by atoms with Gasteiger partial charge in [-0.1, -0.05) is 0 Å². The van der Waals surface area contributed by atoms with Crippen molar-refractivity contribution in [3.05, 3.63) is 69.9 Å². The minimum Gasteiger partial charge on any atom is -0.497 e. The molecule has 144 valence electrons. The van der Waals surface area contributed by atoms with Crippen LogP contribution in [0.3, 0.4) is 0 Å². The second kappa shape index (κ2) is 7.82. The lowest BCUT2D eigenvalue weighted by Crippen LogP contribution is -2.35. The average molecular weight is 378 g/mol. The molecule has 0 fully saturated rings. The van der Waals surface area contributed by atoms with Crippen molar-refractivity contribution >= 4 is 0 Å². The van der Waals surface area contributed by atoms with Crippen LogP contribution in [-0.4, -0.2) is 40.6 Å². The number of hydrogen-bond acceptors (Lipinski definition) is 6. The van der Waals surface area contributed by atoms with Crippen molar-refractivity contribution in [2.24, 2.45) is 0 Å². The third-order valence-electron chi connectivity index (χ3n) is 4.98. The van der Waals surface area contributed by atoms with Gasteiger partial charge in [-0.25, -0.2) is 4.98 Å². The van der Waals surface area contributed by atoms with E-state index in [1.165, 1.54) is 0 Å². The molecular formula is C21H22N4O3. The molecule has 0 amide bonds. The average Bonchev–Trinajstić information content (AvgIpc) is 2.74. The molecule has 7 nitrogen and oxygen atoms in total. The van der Waals surface area contributed by atoms with E-state index in [4.69, 9.17) is 14.5 Å². The molecule has 7 heteroatoms. The molecule has 3 heterocycles. The first-order valence-electron chi connectivity index (χ1n) is 9.13. The van der Waals surface area contributed by atoms with Crippen molar-refractivity contribution in [2.75, 3.05) is 20.8 Å². The lowest BCUT2D eigenvalue weighted by atomic mass is 10.0. The number of aromatic nitrogens is 3. The van der Waals surface area contributed by atoms with Crippen LogP contribution in [0.4, 0.5) is 0 Å². The van der Waals surface area contributed by atoms with Gasteiger partial charge in [0.25, 0.3) is 5.56 Å². The normalized spacial score (nSPS) is 13.8. The van der Waals surface area contributed by atoms with E-state index in [1.54, 1.807) is 26.6 Å². The first-order chi connectivity index (χ1) is 13.7. The molecular weight excluding hydrogens is 356 g/mol. The van der Waals surface area contributed by atoms with E-state index >= 15 is 0 Å². The molecule has 0 radical (unpaired) electrons. The van der Waals surface area contributed by atoms with E-state index in [9.17, 15) is 4.79 Å². The number of nitrogens with one attached hydrogen (secondary N) is 1. The summed E-state index contributed by atoms with van der Waals surface area (Å²) >= 11 is 0. The van der Waals surface area contributed by atoms with Crippen LogP contribution in [-0.2, 0) is 19.5 Å². The van der Waals surface area contributed by atoms with E-state index in [2.05, 4.69) is 14.9 Å². The summed E-state index contributed by atoms with van der Waals surface area (Å²) in [6.45, 7) is 2.04. The highest BCUT2D eigenvalue weighted by atomic mass is 16.5. The second-order valence-corrected chi connectivity index (χ2v) is 6.71. The van der Waals surface area contributed by atoms with Gasteiger partial charge in [0.1, 0.15) is 17.3 Å². The topological polar surface area (TPSA) is 80.3 Å². The maximum atomic E-state index is 12.7. The first-order valence-corrected chi connectivity index (χ1v) is 9.13. The van der Waals surface area contributed by atoms with E-state index in [1.807, 2.05) is 30.3 Å². The van der Waals surface area contributed by atoms with Gasteiger partial charge in [-0.05, 0) is 30.3 Å². The smallest absolute Gasteiger partial charge is 0.255 e. The molecule has 0 bridgehead atoms. The Balaban J connectivity index is 1.58. The van der Waals surface area contributed by atoms with Gasteiger partial charge in [0.15, 0.2) is 0 Å². The molecule has 4 rings (SSSR count). The molecule has 2 aromatic heterocycles. The molecule has 0 saturated heterocycles. The number of H-pyrrole nitrogens is 1. The first kappa shape index (κ1) is 18.2. The zero-order chi connectivity index (χ0) is 19.5. The van der Waals surface area contributed by atoms with Crippen LogP contribution in [0.2, 0.25) is 0 Å². The quantitative estimate of drug-likeness (QED) is 0.734. The summed E-state index contributed by atoms with van der Waals surface area (Å²) in [5, 5.41) is 0. The van der Waals surface area contributed by atoms with Gasteiger partial charge in [0.05, 0.1) is 25.5 Å². The van der Waals surface area contributed by atoms with Gasteiger partial charge in [-0.2, -0.15) is 0 Å². The SMILES string of the molecule is COc1ccc(OC)c(CN2CCc3nc(-c4ccncc4)[nH]c(=O)c3C2)c1. The fourth-order valence-electron chi connectivity index (χ4n) is 3.51. The van der Waals surface area contributed by atoms with Crippen molar-refractivity contribution < 1.29 is 9.47 Å². The summed E-state index contributed by atoms with van der Waals surface area (Å²) in [6.07, 6.45) is 4.11. The molecule has 0 atom stereocenters. The Morgan fingerprint density at radius 3 is 2.71 bits per heavy atom. The third-order valence-corrected chi connectivity index (χ3v) is 4.98. The molecule has 3 aromatic rings. The Hall–Kier alpha value is -3.19. The maximum Gasteiger partial charge on any atom is 0.255 e. The van der Waals surface area contributed by atoms with E-state index < -0.39 is 0 Å². The van der Waals surface area contributed by atoms with Crippen LogP contribution < -0.4 is 15.0 Å². The lowest BCUT2D eigenvalue weighted by Gasteiger charge is -2.28. The van der Waals surface area contributed by atoms with Crippen LogP contribution in [0.15, 0.2) is 47.5 Å². The number of benzene rings is 1. The summed E-state index contributed by atoms with van der Waals surface area (Å²) in [5.41, 5.74) is 3.40. The Kier molecular flexibility index (Phi) is 5.08. The Bertz CT molecular complexity index is 1030. The van der Waals surface area contributed by atoms with Crippen LogP contribution in [0.1, 0.15) is 16.8 Å². The number of aromatic amines is 1. The molecule has 1 aromatic carbocycles. The monoisotopic (exact) mass is 378 g/mol. The molecule has 0 saturated carbocycles. The molecule has 0 spiro atoms. The van der Waals surface area contributed by atoms with Gasteiger partial charge in [-0.15, -0.1) is 0 Å². The zero-order valence-corrected chi connectivity index (χ0v) is 15.9. The summed E-state index contributed by atoms with van der Waals surface area (Å²) in [4.78, 5) is 26.5. The van der Waals surface area contributed by atoms with Crippen molar-refractivity contribution in [3.63, 3.8) is 0 Å². The molecule has 28 heavy (non-hydrogen) atoms. The Morgan fingerprint density at radius 2 is 1.96 bits per heavy atom. The lowest BCUT2D eigenvalue weighted by molar-refractivity contribution is 0.237. The summed E-state index contributed by atoms with van der Waals surface area (Å²) in [7, 11) is 3.31. The number of rotatable bonds is 5. The van der Waals surface area contributed by atoms with Crippen molar-refractivity contribution in [3.8, 4) is 22.9 Å². The highest BCUT2D eigenvalue weighted by Crippen LogP contribution is 2.27. The highest BCUT2D eigenvalue weighted by molar-refractivity contribution is 5.54. The van der Waals surface area contributed by atoms with Gasteiger partial charge in [0, 0.05) is 49.6 Å². The zero-order valence-electron chi connectivity index (χ0n) is 15.9. The van der Waals surface area contributed by atoms with E-state index in [-0.39, 0.29) is 5.56 Å². The second-order valence-electron chi connectivity index (χ2n) is 6.71. The van der Waals surface area contributed by atoms with E-state index in [0.717, 1.165) is 46.8 Å².